The molecule has 0 saturated heterocycles. The van der Waals surface area contributed by atoms with Crippen LogP contribution < -0.4 is 4.90 Å². The molecule has 0 amide bonds. The molecular formula is C16H16ClF3N4S. The molecule has 2 heterocycles. The molecule has 0 radical (unpaired) electrons. The quantitative estimate of drug-likeness (QED) is 0.717. The van der Waals surface area contributed by atoms with Crippen molar-refractivity contribution >= 4 is 40.0 Å². The number of thioether (sulfide) groups is 1. The van der Waals surface area contributed by atoms with Gasteiger partial charge in [-0.05, 0) is 31.2 Å². The van der Waals surface area contributed by atoms with Gasteiger partial charge in [-0.2, -0.15) is 13.2 Å². The van der Waals surface area contributed by atoms with Gasteiger partial charge in [0.25, 0.3) is 0 Å². The van der Waals surface area contributed by atoms with E-state index in [4.69, 9.17) is 11.6 Å². The predicted molar refractivity (Wildman–Crippen MR) is 95.8 cm³/mol. The van der Waals surface area contributed by atoms with Crippen molar-refractivity contribution in [2.75, 3.05) is 10.7 Å². The summed E-state index contributed by atoms with van der Waals surface area (Å²) in [5.74, 6) is 0.629. The second-order valence-corrected chi connectivity index (χ2v) is 6.97. The Hall–Kier alpha value is -1.67. The Kier molecular flexibility index (Phi) is 5.29. The van der Waals surface area contributed by atoms with Gasteiger partial charge in [-0.1, -0.05) is 23.4 Å². The Morgan fingerprint density at radius 3 is 2.60 bits per heavy atom. The molecule has 1 aliphatic rings. The molecule has 3 rings (SSSR count). The Morgan fingerprint density at radius 2 is 1.96 bits per heavy atom. The van der Waals surface area contributed by atoms with Crippen LogP contribution in [0, 0.1) is 0 Å². The van der Waals surface area contributed by atoms with E-state index in [1.54, 1.807) is 18.5 Å². The van der Waals surface area contributed by atoms with E-state index in [1.165, 1.54) is 0 Å². The third kappa shape index (κ3) is 4.30. The van der Waals surface area contributed by atoms with E-state index in [0.29, 0.717) is 29.1 Å². The van der Waals surface area contributed by atoms with Crippen LogP contribution in [0.5, 0.6) is 0 Å². The average Bonchev–Trinajstić information content (AvgIpc) is 2.96. The van der Waals surface area contributed by atoms with Crippen molar-refractivity contribution in [1.82, 2.24) is 9.55 Å². The van der Waals surface area contributed by atoms with Gasteiger partial charge in [0.1, 0.15) is 5.69 Å². The van der Waals surface area contributed by atoms with Gasteiger partial charge >= 0.3 is 6.18 Å². The molecule has 0 atom stereocenters. The maximum absolute atomic E-state index is 12.5. The molecule has 4 nitrogen and oxygen atoms in total. The van der Waals surface area contributed by atoms with Crippen LogP contribution in [0.4, 0.5) is 24.7 Å². The van der Waals surface area contributed by atoms with Crippen molar-refractivity contribution < 1.29 is 13.2 Å². The van der Waals surface area contributed by atoms with E-state index in [0.717, 1.165) is 23.1 Å². The molecule has 1 aliphatic heterocycles. The van der Waals surface area contributed by atoms with Gasteiger partial charge < -0.3 is 9.47 Å². The largest absolute Gasteiger partial charge is 0.389 e. The lowest BCUT2D eigenvalue weighted by atomic mass is 10.2. The normalized spacial score (nSPS) is 14.4. The number of anilines is 1. The molecule has 1 aromatic heterocycles. The summed E-state index contributed by atoms with van der Waals surface area (Å²) in [6.45, 7) is 3.13. The summed E-state index contributed by atoms with van der Waals surface area (Å²) < 4.78 is 39.3. The third-order valence-corrected chi connectivity index (χ3v) is 4.95. The zero-order valence-electron chi connectivity index (χ0n) is 13.4. The molecule has 0 saturated carbocycles. The number of halogens is 4. The zero-order valence-corrected chi connectivity index (χ0v) is 15.0. The smallest absolute Gasteiger partial charge is 0.316 e. The predicted octanol–water partition coefficient (Wildman–Crippen LogP) is 5.25. The molecule has 0 N–H and O–H groups in total. The molecule has 2 aromatic rings. The van der Waals surface area contributed by atoms with Crippen molar-refractivity contribution in [3.8, 4) is 0 Å². The molecule has 0 aliphatic carbocycles. The average molecular weight is 389 g/mol. The van der Waals surface area contributed by atoms with E-state index in [2.05, 4.69) is 9.98 Å². The summed E-state index contributed by atoms with van der Waals surface area (Å²) in [4.78, 5) is 10.8. The van der Waals surface area contributed by atoms with E-state index in [-0.39, 0.29) is 5.75 Å². The van der Waals surface area contributed by atoms with Crippen LogP contribution in [-0.4, -0.2) is 26.6 Å². The maximum atomic E-state index is 12.5. The molecule has 1 aromatic carbocycles. The molecule has 0 bridgehead atoms. The Bertz CT molecular complexity index is 771. The lowest BCUT2D eigenvalue weighted by Crippen LogP contribution is -2.31. The van der Waals surface area contributed by atoms with Crippen LogP contribution >= 0.6 is 23.4 Å². The fraction of sp³-hybridized carbons (Fsp3) is 0.375. The van der Waals surface area contributed by atoms with Crippen molar-refractivity contribution in [3.05, 3.63) is 41.3 Å². The van der Waals surface area contributed by atoms with Crippen LogP contribution in [0.1, 0.15) is 19.0 Å². The number of nitrogens with zero attached hydrogens (tertiary/aromatic N) is 4. The number of hydrogen-bond donors (Lipinski definition) is 0. The number of hydrogen-bond acceptors (Lipinski definition) is 4. The molecule has 0 unspecified atom stereocenters. The second-order valence-electron chi connectivity index (χ2n) is 5.47. The van der Waals surface area contributed by atoms with Gasteiger partial charge in [0.05, 0.1) is 19.3 Å². The molecule has 134 valence electrons. The fourth-order valence-corrected chi connectivity index (χ4v) is 3.57. The van der Waals surface area contributed by atoms with Gasteiger partial charge in [-0.15, -0.1) is 0 Å². The lowest BCUT2D eigenvalue weighted by Gasteiger charge is -2.28. The number of fused-ring (bicyclic) bond motifs is 1. The Labute approximate surface area is 152 Å². The monoisotopic (exact) mass is 388 g/mol. The second kappa shape index (κ2) is 7.29. The lowest BCUT2D eigenvalue weighted by molar-refractivity contribution is -0.129. The van der Waals surface area contributed by atoms with E-state index in [1.807, 2.05) is 28.5 Å². The summed E-state index contributed by atoms with van der Waals surface area (Å²) in [7, 11) is 0. The van der Waals surface area contributed by atoms with E-state index in [9.17, 15) is 13.2 Å². The summed E-state index contributed by atoms with van der Waals surface area (Å²) in [5, 5.41) is 1.13. The van der Waals surface area contributed by atoms with Gasteiger partial charge in [0.15, 0.2) is 11.0 Å². The molecular weight excluding hydrogens is 373 g/mol. The van der Waals surface area contributed by atoms with Gasteiger partial charge in [-0.25, -0.2) is 9.98 Å². The van der Waals surface area contributed by atoms with E-state index >= 15 is 0 Å². The number of aliphatic imine (C=N–C) groups is 1. The maximum Gasteiger partial charge on any atom is 0.389 e. The van der Waals surface area contributed by atoms with Crippen molar-refractivity contribution in [2.24, 2.45) is 4.99 Å². The highest BCUT2D eigenvalue weighted by atomic mass is 35.5. The number of alkyl halides is 3. The van der Waals surface area contributed by atoms with Crippen LogP contribution in [0.25, 0.3) is 0 Å². The zero-order chi connectivity index (χ0) is 18.0. The van der Waals surface area contributed by atoms with Crippen LogP contribution in [-0.2, 0) is 13.1 Å². The molecule has 25 heavy (non-hydrogen) atoms. The molecule has 0 spiro atoms. The third-order valence-electron chi connectivity index (χ3n) is 3.72. The first-order valence-corrected chi connectivity index (χ1v) is 9.09. The number of aromatic nitrogens is 2. The fourth-order valence-electron chi connectivity index (χ4n) is 2.45. The topological polar surface area (TPSA) is 33.4 Å². The highest BCUT2D eigenvalue weighted by Gasteiger charge is 2.29. The van der Waals surface area contributed by atoms with Crippen LogP contribution in [0.15, 0.2) is 35.6 Å². The summed E-state index contributed by atoms with van der Waals surface area (Å²) in [6.07, 6.45) is -3.33. The minimum atomic E-state index is -4.18. The summed E-state index contributed by atoms with van der Waals surface area (Å²) >= 11 is 7.03. The molecule has 9 heteroatoms. The van der Waals surface area contributed by atoms with Crippen molar-refractivity contribution in [3.63, 3.8) is 0 Å². The highest BCUT2D eigenvalue weighted by Crippen LogP contribution is 2.34. The first-order valence-electron chi connectivity index (χ1n) is 7.72. The summed E-state index contributed by atoms with van der Waals surface area (Å²) in [5.41, 5.74) is 1.62. The van der Waals surface area contributed by atoms with E-state index < -0.39 is 12.6 Å². The minimum absolute atomic E-state index is 0.0813. The first-order chi connectivity index (χ1) is 11.9. The number of amidine groups is 1. The van der Waals surface area contributed by atoms with Crippen LogP contribution in [0.2, 0.25) is 5.02 Å². The number of imidazole rings is 1. The standard InChI is InChI=1S/C16H16ClF3N4S/c1-2-23-10-21-13-9-24(12-5-3-11(17)4-6-12)15(22-14(13)23)25-8-7-16(18,19)20/h3-6,10H,2,7-9H2,1H3. The number of benzene rings is 1. The minimum Gasteiger partial charge on any atom is -0.316 e. The Morgan fingerprint density at radius 1 is 1.24 bits per heavy atom. The molecule has 0 fully saturated rings. The van der Waals surface area contributed by atoms with Crippen molar-refractivity contribution in [2.45, 2.75) is 32.6 Å². The highest BCUT2D eigenvalue weighted by molar-refractivity contribution is 8.14. The number of aryl methyl sites for hydroxylation is 1. The Balaban J connectivity index is 1.89. The SMILES string of the molecule is CCn1cnc2c1N=C(SCCC(F)(F)F)N(c1ccc(Cl)cc1)C2. The first kappa shape index (κ1) is 18.1. The van der Waals surface area contributed by atoms with Gasteiger partial charge in [0.2, 0.25) is 0 Å². The van der Waals surface area contributed by atoms with Gasteiger partial charge in [-0.3, -0.25) is 0 Å². The number of rotatable bonds is 4. The van der Waals surface area contributed by atoms with Gasteiger partial charge in [0, 0.05) is 23.0 Å². The summed E-state index contributed by atoms with van der Waals surface area (Å²) in [6, 6.07) is 7.14. The van der Waals surface area contributed by atoms with Crippen molar-refractivity contribution in [1.29, 1.82) is 0 Å². The van der Waals surface area contributed by atoms with Crippen LogP contribution in [0.3, 0.4) is 0 Å².